The minimum atomic E-state index is -0.0728. The van der Waals surface area contributed by atoms with Gasteiger partial charge in [0.25, 0.3) is 5.89 Å². The molecule has 1 fully saturated rings. The molecule has 0 bridgehead atoms. The molecule has 1 unspecified atom stereocenters. The number of anilines is 1. The lowest BCUT2D eigenvalue weighted by Gasteiger charge is -2.16. The van der Waals surface area contributed by atoms with Gasteiger partial charge in [0, 0.05) is 30.3 Å². The normalized spacial score (nSPS) is 17.7. The molecule has 1 aliphatic rings. The number of rotatable bonds is 3. The average molecular weight is 323 g/mol. The highest BCUT2D eigenvalue weighted by Crippen LogP contribution is 2.31. The number of hydrogen-bond acceptors (Lipinski definition) is 5. The van der Waals surface area contributed by atoms with Crippen molar-refractivity contribution in [3.05, 3.63) is 47.4 Å². The lowest BCUT2D eigenvalue weighted by atomic mass is 10.1. The number of benzene rings is 1. The highest BCUT2D eigenvalue weighted by atomic mass is 16.5. The molecule has 0 spiro atoms. The van der Waals surface area contributed by atoms with Crippen molar-refractivity contribution in [1.29, 1.82) is 0 Å². The Bertz CT molecular complexity index is 881. The third kappa shape index (κ3) is 2.58. The summed E-state index contributed by atoms with van der Waals surface area (Å²) in [6.45, 7) is 4.49. The second-order valence-corrected chi connectivity index (χ2v) is 6.13. The predicted octanol–water partition coefficient (Wildman–Crippen LogP) is 2.60. The summed E-state index contributed by atoms with van der Waals surface area (Å²) in [6, 6.07) is 9.77. The molecule has 1 aliphatic heterocycles. The number of amides is 1. The Hall–Kier alpha value is -2.96. The van der Waals surface area contributed by atoms with Gasteiger partial charge in [-0.1, -0.05) is 22.9 Å². The summed E-state index contributed by atoms with van der Waals surface area (Å²) in [5.41, 5.74) is 3.61. The van der Waals surface area contributed by atoms with Crippen molar-refractivity contribution in [2.24, 2.45) is 0 Å². The van der Waals surface area contributed by atoms with Gasteiger partial charge in [0.05, 0.1) is 0 Å². The molecule has 4 rings (SSSR count). The number of aromatic nitrogens is 4. The third-order valence-corrected chi connectivity index (χ3v) is 4.20. The molecule has 1 N–H and O–H groups in total. The fourth-order valence-corrected chi connectivity index (χ4v) is 2.89. The van der Waals surface area contributed by atoms with Gasteiger partial charge in [-0.2, -0.15) is 10.1 Å². The van der Waals surface area contributed by atoms with Crippen molar-refractivity contribution in [2.75, 3.05) is 11.4 Å². The van der Waals surface area contributed by atoms with E-state index >= 15 is 0 Å². The quantitative estimate of drug-likeness (QED) is 0.800. The molecule has 1 atom stereocenters. The first-order valence-electron chi connectivity index (χ1n) is 7.83. The van der Waals surface area contributed by atoms with Crippen LogP contribution < -0.4 is 4.90 Å². The summed E-state index contributed by atoms with van der Waals surface area (Å²) in [5, 5.41) is 11.0. The van der Waals surface area contributed by atoms with Gasteiger partial charge in [0.2, 0.25) is 5.91 Å². The SMILES string of the molecule is Cc1ccc(N2CC(c3noc(-c4cc(C)[nH]n4)n3)CC2=O)cc1. The van der Waals surface area contributed by atoms with E-state index in [9.17, 15) is 4.79 Å². The highest BCUT2D eigenvalue weighted by molar-refractivity contribution is 5.96. The molecule has 1 saturated heterocycles. The van der Waals surface area contributed by atoms with Crippen molar-refractivity contribution in [3.63, 3.8) is 0 Å². The Kier molecular flexibility index (Phi) is 3.41. The summed E-state index contributed by atoms with van der Waals surface area (Å²) >= 11 is 0. The maximum atomic E-state index is 12.3. The van der Waals surface area contributed by atoms with E-state index < -0.39 is 0 Å². The number of carbonyl (C=O) groups excluding carboxylic acids is 1. The number of nitrogens with one attached hydrogen (secondary N) is 1. The molecule has 7 heteroatoms. The van der Waals surface area contributed by atoms with E-state index in [1.807, 2.05) is 44.2 Å². The van der Waals surface area contributed by atoms with E-state index in [0.717, 1.165) is 11.4 Å². The first-order chi connectivity index (χ1) is 11.6. The van der Waals surface area contributed by atoms with E-state index in [1.54, 1.807) is 4.90 Å². The van der Waals surface area contributed by atoms with Crippen molar-refractivity contribution in [1.82, 2.24) is 20.3 Å². The van der Waals surface area contributed by atoms with Gasteiger partial charge in [-0.25, -0.2) is 0 Å². The zero-order valence-electron chi connectivity index (χ0n) is 13.5. The number of H-pyrrole nitrogens is 1. The lowest BCUT2D eigenvalue weighted by Crippen LogP contribution is -2.24. The summed E-state index contributed by atoms with van der Waals surface area (Å²) in [4.78, 5) is 18.5. The van der Waals surface area contributed by atoms with E-state index in [2.05, 4.69) is 20.3 Å². The predicted molar refractivity (Wildman–Crippen MR) is 87.5 cm³/mol. The molecule has 1 aromatic carbocycles. The smallest absolute Gasteiger partial charge is 0.278 e. The maximum Gasteiger partial charge on any atom is 0.278 e. The Morgan fingerprint density at radius 3 is 2.75 bits per heavy atom. The Balaban J connectivity index is 1.55. The highest BCUT2D eigenvalue weighted by Gasteiger charge is 2.34. The standard InChI is InChI=1S/C17H17N5O2/c1-10-3-5-13(6-4-10)22-9-12(8-15(22)23)16-18-17(24-21-16)14-7-11(2)19-20-14/h3-7,12H,8-9H2,1-2H3,(H,19,20). The van der Waals surface area contributed by atoms with Crippen molar-refractivity contribution in [2.45, 2.75) is 26.2 Å². The van der Waals surface area contributed by atoms with Gasteiger partial charge >= 0.3 is 0 Å². The first kappa shape index (κ1) is 14.6. The number of nitrogens with zero attached hydrogens (tertiary/aromatic N) is 4. The minimum Gasteiger partial charge on any atom is -0.332 e. The number of aryl methyl sites for hydroxylation is 2. The van der Waals surface area contributed by atoms with Crippen LogP contribution in [0.2, 0.25) is 0 Å². The van der Waals surface area contributed by atoms with Crippen LogP contribution in [-0.2, 0) is 4.79 Å². The van der Waals surface area contributed by atoms with E-state index in [0.29, 0.717) is 30.4 Å². The van der Waals surface area contributed by atoms with Gasteiger partial charge in [0.1, 0.15) is 0 Å². The molecule has 3 heterocycles. The average Bonchev–Trinajstić information content (AvgIpc) is 3.27. The molecule has 3 aromatic rings. The van der Waals surface area contributed by atoms with Crippen LogP contribution in [0.1, 0.15) is 29.4 Å². The van der Waals surface area contributed by atoms with E-state index in [1.165, 1.54) is 5.56 Å². The molecular formula is C17H17N5O2. The molecule has 122 valence electrons. The van der Waals surface area contributed by atoms with Crippen LogP contribution in [0.5, 0.6) is 0 Å². The number of hydrogen-bond donors (Lipinski definition) is 1. The van der Waals surface area contributed by atoms with Crippen molar-refractivity contribution >= 4 is 11.6 Å². The van der Waals surface area contributed by atoms with Crippen LogP contribution in [0, 0.1) is 13.8 Å². The molecule has 7 nitrogen and oxygen atoms in total. The van der Waals surface area contributed by atoms with Crippen LogP contribution in [0.25, 0.3) is 11.6 Å². The van der Waals surface area contributed by atoms with Gasteiger partial charge in [-0.3, -0.25) is 9.89 Å². The summed E-state index contributed by atoms with van der Waals surface area (Å²) in [7, 11) is 0. The maximum absolute atomic E-state index is 12.3. The number of aromatic amines is 1. The largest absolute Gasteiger partial charge is 0.332 e. The van der Waals surface area contributed by atoms with Gasteiger partial charge in [-0.05, 0) is 32.0 Å². The fourth-order valence-electron chi connectivity index (χ4n) is 2.89. The topological polar surface area (TPSA) is 87.9 Å². The molecule has 0 radical (unpaired) electrons. The van der Waals surface area contributed by atoms with Crippen LogP contribution >= 0.6 is 0 Å². The van der Waals surface area contributed by atoms with E-state index in [4.69, 9.17) is 4.52 Å². The van der Waals surface area contributed by atoms with Crippen LogP contribution in [0.15, 0.2) is 34.9 Å². The lowest BCUT2D eigenvalue weighted by molar-refractivity contribution is -0.117. The Labute approximate surface area is 138 Å². The van der Waals surface area contributed by atoms with Gasteiger partial charge in [-0.15, -0.1) is 0 Å². The van der Waals surface area contributed by atoms with E-state index in [-0.39, 0.29) is 11.8 Å². The molecular weight excluding hydrogens is 306 g/mol. The van der Waals surface area contributed by atoms with Gasteiger partial charge < -0.3 is 9.42 Å². The number of carbonyl (C=O) groups is 1. The Morgan fingerprint density at radius 1 is 1.25 bits per heavy atom. The molecule has 0 saturated carbocycles. The Morgan fingerprint density at radius 2 is 2.04 bits per heavy atom. The van der Waals surface area contributed by atoms with Crippen molar-refractivity contribution < 1.29 is 9.32 Å². The first-order valence-corrected chi connectivity index (χ1v) is 7.83. The summed E-state index contributed by atoms with van der Waals surface area (Å²) < 4.78 is 5.29. The molecule has 24 heavy (non-hydrogen) atoms. The monoisotopic (exact) mass is 323 g/mol. The summed E-state index contributed by atoms with van der Waals surface area (Å²) in [5.74, 6) is 0.923. The van der Waals surface area contributed by atoms with Crippen LogP contribution in [0.4, 0.5) is 5.69 Å². The third-order valence-electron chi connectivity index (χ3n) is 4.20. The van der Waals surface area contributed by atoms with Gasteiger partial charge in [0.15, 0.2) is 11.5 Å². The zero-order valence-corrected chi connectivity index (χ0v) is 13.5. The summed E-state index contributed by atoms with van der Waals surface area (Å²) in [6.07, 6.45) is 0.381. The minimum absolute atomic E-state index is 0.0728. The second kappa shape index (κ2) is 5.59. The molecule has 0 aliphatic carbocycles. The van der Waals surface area contributed by atoms with Crippen LogP contribution in [-0.4, -0.2) is 32.8 Å². The zero-order chi connectivity index (χ0) is 16.7. The second-order valence-electron chi connectivity index (χ2n) is 6.13. The fraction of sp³-hybridized carbons (Fsp3) is 0.294. The van der Waals surface area contributed by atoms with Crippen LogP contribution in [0.3, 0.4) is 0 Å². The van der Waals surface area contributed by atoms with Crippen molar-refractivity contribution in [3.8, 4) is 11.6 Å². The molecule has 1 amide bonds. The molecule has 2 aromatic heterocycles.